The fourth-order valence-corrected chi connectivity index (χ4v) is 3.00. The van der Waals surface area contributed by atoms with Crippen molar-refractivity contribution >= 4 is 18.2 Å². The van der Waals surface area contributed by atoms with Gasteiger partial charge >= 0.3 is 6.80 Å². The zero-order valence-corrected chi connectivity index (χ0v) is 10.7. The SMILES string of the molecule is COc1coc(SP(=O)(OC)OC)cc1=O. The van der Waals surface area contributed by atoms with Gasteiger partial charge in [-0.3, -0.25) is 4.79 Å². The van der Waals surface area contributed by atoms with Crippen LogP contribution in [-0.2, 0) is 13.6 Å². The molecule has 0 N–H and O–H groups in total. The minimum absolute atomic E-state index is 0.0778. The third-order valence-electron chi connectivity index (χ3n) is 1.64. The predicted molar refractivity (Wildman–Crippen MR) is 59.0 cm³/mol. The van der Waals surface area contributed by atoms with Gasteiger partial charge in [0, 0.05) is 31.7 Å². The first-order valence-electron chi connectivity index (χ1n) is 4.12. The van der Waals surface area contributed by atoms with Crippen LogP contribution in [0.3, 0.4) is 0 Å². The van der Waals surface area contributed by atoms with Crippen molar-refractivity contribution in [1.82, 2.24) is 0 Å². The van der Waals surface area contributed by atoms with E-state index >= 15 is 0 Å². The highest BCUT2D eigenvalue weighted by Gasteiger charge is 2.25. The summed E-state index contributed by atoms with van der Waals surface area (Å²) >= 11 is 0.713. The largest absolute Gasteiger partial charge is 0.490 e. The van der Waals surface area contributed by atoms with Crippen LogP contribution in [0, 0.1) is 0 Å². The summed E-state index contributed by atoms with van der Waals surface area (Å²) < 4.78 is 30.9. The normalized spacial score (nSPS) is 11.4. The minimum atomic E-state index is -3.30. The lowest BCUT2D eigenvalue weighted by Gasteiger charge is -2.10. The molecule has 1 aromatic rings. The third kappa shape index (κ3) is 3.12. The average molecular weight is 266 g/mol. The summed E-state index contributed by atoms with van der Waals surface area (Å²) in [7, 11) is 3.85. The number of rotatable bonds is 5. The van der Waals surface area contributed by atoms with Crippen molar-refractivity contribution in [1.29, 1.82) is 0 Å². The van der Waals surface area contributed by atoms with E-state index in [1.54, 1.807) is 0 Å². The Bertz CT molecular complexity index is 448. The molecule has 0 aliphatic rings. The highest BCUT2D eigenvalue weighted by molar-refractivity contribution is 8.55. The lowest BCUT2D eigenvalue weighted by Crippen LogP contribution is -2.03. The molecule has 8 heteroatoms. The fraction of sp³-hybridized carbons (Fsp3) is 0.375. The van der Waals surface area contributed by atoms with Gasteiger partial charge in [0.25, 0.3) is 0 Å². The molecule has 6 nitrogen and oxygen atoms in total. The summed E-state index contributed by atoms with van der Waals surface area (Å²) in [4.78, 5) is 11.4. The van der Waals surface area contributed by atoms with E-state index in [1.165, 1.54) is 21.3 Å². The maximum atomic E-state index is 11.7. The van der Waals surface area contributed by atoms with Crippen molar-refractivity contribution in [2.45, 2.75) is 5.09 Å². The van der Waals surface area contributed by atoms with Crippen LogP contribution >= 0.6 is 18.2 Å². The summed E-state index contributed by atoms with van der Waals surface area (Å²) in [6.07, 6.45) is 1.14. The molecule has 1 rings (SSSR count). The molecule has 0 amide bonds. The lowest BCUT2D eigenvalue weighted by atomic mass is 10.5. The minimum Gasteiger partial charge on any atom is -0.490 e. The van der Waals surface area contributed by atoms with Crippen molar-refractivity contribution in [2.24, 2.45) is 0 Å². The Kier molecular flexibility index (Phi) is 4.61. The molecule has 1 aromatic heterocycles. The van der Waals surface area contributed by atoms with Gasteiger partial charge in [-0.15, -0.1) is 0 Å². The molecule has 0 bridgehead atoms. The van der Waals surface area contributed by atoms with Crippen molar-refractivity contribution in [3.8, 4) is 5.75 Å². The molecule has 0 aromatic carbocycles. The molecule has 0 unspecified atom stereocenters. The molecule has 0 spiro atoms. The Balaban J connectivity index is 2.95. The fourth-order valence-electron chi connectivity index (χ4n) is 0.838. The van der Waals surface area contributed by atoms with E-state index in [2.05, 4.69) is 0 Å². The van der Waals surface area contributed by atoms with Crippen LogP contribution in [-0.4, -0.2) is 21.3 Å². The van der Waals surface area contributed by atoms with Gasteiger partial charge in [0.2, 0.25) is 11.2 Å². The molecule has 0 saturated carbocycles. The van der Waals surface area contributed by atoms with Gasteiger partial charge in [-0.1, -0.05) is 0 Å². The van der Waals surface area contributed by atoms with Crippen molar-refractivity contribution < 1.29 is 22.8 Å². The Morgan fingerprint density at radius 2 is 1.94 bits per heavy atom. The zero-order valence-electron chi connectivity index (χ0n) is 8.96. The van der Waals surface area contributed by atoms with Crippen molar-refractivity contribution in [3.05, 3.63) is 22.6 Å². The molecule has 0 aliphatic heterocycles. The van der Waals surface area contributed by atoms with Gasteiger partial charge < -0.3 is 18.2 Å². The third-order valence-corrected chi connectivity index (χ3v) is 5.26. The number of hydrogen-bond acceptors (Lipinski definition) is 7. The number of ether oxygens (including phenoxy) is 1. The molecule has 1 heterocycles. The Morgan fingerprint density at radius 3 is 2.38 bits per heavy atom. The molecule has 0 saturated heterocycles. The highest BCUT2D eigenvalue weighted by Crippen LogP contribution is 2.62. The van der Waals surface area contributed by atoms with E-state index in [-0.39, 0.29) is 16.3 Å². The van der Waals surface area contributed by atoms with Gasteiger partial charge in [-0.05, 0) is 0 Å². The van der Waals surface area contributed by atoms with Crippen LogP contribution in [0.2, 0.25) is 0 Å². The quantitative estimate of drug-likeness (QED) is 0.755. The van der Waals surface area contributed by atoms with E-state index in [1.807, 2.05) is 0 Å². The highest BCUT2D eigenvalue weighted by atomic mass is 32.7. The van der Waals surface area contributed by atoms with Crippen LogP contribution in [0.5, 0.6) is 5.75 Å². The topological polar surface area (TPSA) is 75.0 Å². The first-order chi connectivity index (χ1) is 7.54. The average Bonchev–Trinajstić information content (AvgIpc) is 2.29. The summed E-state index contributed by atoms with van der Waals surface area (Å²) in [5, 5.41) is 0.137. The van der Waals surface area contributed by atoms with E-state index in [4.69, 9.17) is 18.2 Å². The Hall–Kier alpha value is -0.750. The van der Waals surface area contributed by atoms with Gasteiger partial charge in [0.05, 0.1) is 7.11 Å². The molecular weight excluding hydrogens is 255 g/mol. The van der Waals surface area contributed by atoms with Gasteiger partial charge in [-0.25, -0.2) is 4.57 Å². The Labute approximate surface area is 96.2 Å². The van der Waals surface area contributed by atoms with Crippen LogP contribution in [0.15, 0.2) is 26.6 Å². The molecular formula is C8H11O6PS. The van der Waals surface area contributed by atoms with E-state index in [0.29, 0.717) is 11.4 Å². The first kappa shape index (κ1) is 13.3. The maximum Gasteiger partial charge on any atom is 0.396 e. The standard InChI is InChI=1S/C8H11O6PS/c1-11-7-5-14-8(4-6(7)9)16-15(10,12-2)13-3/h4-5H,1-3H3. The van der Waals surface area contributed by atoms with Gasteiger partial charge in [0.1, 0.15) is 6.26 Å². The van der Waals surface area contributed by atoms with E-state index < -0.39 is 6.80 Å². The molecule has 0 radical (unpaired) electrons. The summed E-state index contributed by atoms with van der Waals surface area (Å²) in [6.45, 7) is -3.30. The molecule has 0 aliphatic carbocycles. The summed E-state index contributed by atoms with van der Waals surface area (Å²) in [6, 6.07) is 1.16. The lowest BCUT2D eigenvalue weighted by molar-refractivity contribution is 0.294. The van der Waals surface area contributed by atoms with Crippen LogP contribution in [0.4, 0.5) is 0 Å². The Morgan fingerprint density at radius 1 is 1.31 bits per heavy atom. The van der Waals surface area contributed by atoms with Gasteiger partial charge in [-0.2, -0.15) is 0 Å². The van der Waals surface area contributed by atoms with Crippen LogP contribution in [0.1, 0.15) is 0 Å². The van der Waals surface area contributed by atoms with Crippen molar-refractivity contribution in [3.63, 3.8) is 0 Å². The molecule has 0 atom stereocenters. The second kappa shape index (κ2) is 5.54. The second-order valence-corrected chi connectivity index (χ2v) is 6.63. The van der Waals surface area contributed by atoms with E-state index in [9.17, 15) is 9.36 Å². The first-order valence-corrected chi connectivity index (χ1v) is 7.09. The monoisotopic (exact) mass is 266 g/mol. The second-order valence-electron chi connectivity index (χ2n) is 2.54. The summed E-state index contributed by atoms with van der Waals surface area (Å²) in [5.74, 6) is 0.0778. The number of methoxy groups -OCH3 is 1. The molecule has 16 heavy (non-hydrogen) atoms. The van der Waals surface area contributed by atoms with Crippen LogP contribution in [0.25, 0.3) is 0 Å². The van der Waals surface area contributed by atoms with Crippen molar-refractivity contribution in [2.75, 3.05) is 21.3 Å². The van der Waals surface area contributed by atoms with Gasteiger partial charge in [0.15, 0.2) is 5.09 Å². The molecule has 0 fully saturated rings. The summed E-state index contributed by atoms with van der Waals surface area (Å²) in [5.41, 5.74) is -0.366. The maximum absolute atomic E-state index is 11.7. The zero-order chi connectivity index (χ0) is 12.2. The smallest absolute Gasteiger partial charge is 0.396 e. The molecule has 90 valence electrons. The van der Waals surface area contributed by atoms with E-state index in [0.717, 1.165) is 12.3 Å². The van der Waals surface area contributed by atoms with Crippen LogP contribution < -0.4 is 10.2 Å². The number of hydrogen-bond donors (Lipinski definition) is 0. The predicted octanol–water partition coefficient (Wildman–Crippen LogP) is 2.14.